The average Bonchev–Trinajstić information content (AvgIpc) is 3.03. The van der Waals surface area contributed by atoms with Crippen molar-refractivity contribution in [3.63, 3.8) is 0 Å². The second kappa shape index (κ2) is 5.86. The Bertz CT molecular complexity index is 622. The van der Waals surface area contributed by atoms with Gasteiger partial charge < -0.3 is 10.5 Å². The molecule has 2 aliphatic rings. The Balaban J connectivity index is 1.48. The van der Waals surface area contributed by atoms with Crippen LogP contribution < -0.4 is 5.73 Å². The fraction of sp³-hybridized carbons (Fsp3) is 0.500. The maximum atomic E-state index is 5.88. The minimum atomic E-state index is 0.109. The zero-order valence-corrected chi connectivity index (χ0v) is 12.8. The molecule has 1 aliphatic heterocycles. The molecule has 4 rings (SSSR count). The lowest BCUT2D eigenvalue weighted by Crippen LogP contribution is -2.34. The first kappa shape index (κ1) is 14.0. The Kier molecular flexibility index (Phi) is 3.72. The van der Waals surface area contributed by atoms with Gasteiger partial charge in [0.25, 0.3) is 0 Å². The topological polar surface area (TPSA) is 53.1 Å². The van der Waals surface area contributed by atoms with Crippen LogP contribution in [0.15, 0.2) is 36.7 Å². The van der Waals surface area contributed by atoms with Crippen molar-refractivity contribution >= 4 is 0 Å². The van der Waals surface area contributed by atoms with Gasteiger partial charge in [-0.15, -0.1) is 0 Å². The number of nitrogens with two attached hydrogens (primary N) is 1. The molecule has 116 valence electrons. The highest BCUT2D eigenvalue weighted by Crippen LogP contribution is 2.36. The Morgan fingerprint density at radius 2 is 1.91 bits per heavy atom. The van der Waals surface area contributed by atoms with E-state index in [1.165, 1.54) is 17.5 Å². The number of benzene rings is 1. The SMILES string of the molecule is NC1CC(c2ccc(-c3cnn(C4CCCCO4)c3)cc2)C1. The summed E-state index contributed by atoms with van der Waals surface area (Å²) in [4.78, 5) is 0. The summed E-state index contributed by atoms with van der Waals surface area (Å²) in [6.07, 6.45) is 9.83. The van der Waals surface area contributed by atoms with E-state index < -0.39 is 0 Å². The van der Waals surface area contributed by atoms with E-state index in [0.717, 1.165) is 37.9 Å². The van der Waals surface area contributed by atoms with Crippen LogP contribution in [0.3, 0.4) is 0 Å². The van der Waals surface area contributed by atoms with Gasteiger partial charge in [0.15, 0.2) is 0 Å². The van der Waals surface area contributed by atoms with Gasteiger partial charge in [-0.1, -0.05) is 24.3 Å². The highest BCUT2D eigenvalue weighted by Gasteiger charge is 2.27. The van der Waals surface area contributed by atoms with E-state index in [0.29, 0.717) is 12.0 Å². The summed E-state index contributed by atoms with van der Waals surface area (Å²) in [5, 5.41) is 4.49. The van der Waals surface area contributed by atoms with Crippen molar-refractivity contribution in [1.82, 2.24) is 9.78 Å². The summed E-state index contributed by atoms with van der Waals surface area (Å²) in [6, 6.07) is 9.27. The monoisotopic (exact) mass is 297 g/mol. The lowest BCUT2D eigenvalue weighted by atomic mass is 9.76. The number of hydrogen-bond acceptors (Lipinski definition) is 3. The smallest absolute Gasteiger partial charge is 0.150 e. The molecule has 2 heterocycles. The fourth-order valence-corrected chi connectivity index (χ4v) is 3.46. The normalized spacial score (nSPS) is 28.3. The zero-order chi connectivity index (χ0) is 14.9. The van der Waals surface area contributed by atoms with Crippen molar-refractivity contribution in [3.8, 4) is 11.1 Å². The van der Waals surface area contributed by atoms with Gasteiger partial charge in [0.05, 0.1) is 6.20 Å². The second-order valence-corrected chi connectivity index (χ2v) is 6.58. The van der Waals surface area contributed by atoms with Gasteiger partial charge in [0.1, 0.15) is 6.23 Å². The molecule has 0 spiro atoms. The molecule has 4 heteroatoms. The van der Waals surface area contributed by atoms with Gasteiger partial charge in [-0.05, 0) is 49.1 Å². The quantitative estimate of drug-likeness (QED) is 0.944. The molecule has 2 aromatic rings. The second-order valence-electron chi connectivity index (χ2n) is 6.58. The Labute approximate surface area is 131 Å². The van der Waals surface area contributed by atoms with Gasteiger partial charge in [-0.3, -0.25) is 0 Å². The maximum absolute atomic E-state index is 5.88. The molecule has 1 saturated carbocycles. The maximum Gasteiger partial charge on any atom is 0.150 e. The van der Waals surface area contributed by atoms with E-state index in [1.807, 2.05) is 10.9 Å². The van der Waals surface area contributed by atoms with Crippen molar-refractivity contribution in [2.45, 2.75) is 50.3 Å². The van der Waals surface area contributed by atoms with Crippen molar-refractivity contribution in [1.29, 1.82) is 0 Å². The summed E-state index contributed by atoms with van der Waals surface area (Å²) in [6.45, 7) is 0.845. The highest BCUT2D eigenvalue weighted by molar-refractivity contribution is 5.62. The largest absolute Gasteiger partial charge is 0.357 e. The minimum absolute atomic E-state index is 0.109. The highest BCUT2D eigenvalue weighted by atomic mass is 16.5. The number of rotatable bonds is 3. The third-order valence-electron chi connectivity index (χ3n) is 4.94. The summed E-state index contributed by atoms with van der Waals surface area (Å²) >= 11 is 0. The fourth-order valence-electron chi connectivity index (χ4n) is 3.46. The first-order valence-electron chi connectivity index (χ1n) is 8.31. The standard InChI is InChI=1S/C18H23N3O/c19-17-9-15(10-17)13-4-6-14(7-5-13)16-11-20-21(12-16)18-3-1-2-8-22-18/h4-7,11-12,15,17-18H,1-3,8-10,19H2. The molecule has 1 aliphatic carbocycles. The molecule has 2 fully saturated rings. The molecule has 0 radical (unpaired) electrons. The van der Waals surface area contributed by atoms with E-state index in [9.17, 15) is 0 Å². The van der Waals surface area contributed by atoms with Gasteiger partial charge in [0.2, 0.25) is 0 Å². The molecule has 1 aromatic carbocycles. The molecule has 0 amide bonds. The first-order chi connectivity index (χ1) is 10.8. The van der Waals surface area contributed by atoms with E-state index in [2.05, 4.69) is 35.6 Å². The first-order valence-corrected chi connectivity index (χ1v) is 8.31. The lowest BCUT2D eigenvalue weighted by Gasteiger charge is -2.32. The molecule has 1 saturated heterocycles. The molecule has 1 aromatic heterocycles. The molecule has 1 atom stereocenters. The van der Waals surface area contributed by atoms with Crippen LogP contribution in [-0.4, -0.2) is 22.4 Å². The van der Waals surface area contributed by atoms with Crippen LogP contribution in [0.25, 0.3) is 11.1 Å². The van der Waals surface area contributed by atoms with Crippen molar-refractivity contribution in [2.24, 2.45) is 5.73 Å². The van der Waals surface area contributed by atoms with Crippen LogP contribution in [0, 0.1) is 0 Å². The summed E-state index contributed by atoms with van der Waals surface area (Å²) in [5.74, 6) is 0.655. The Hall–Kier alpha value is -1.65. The molecule has 1 unspecified atom stereocenters. The zero-order valence-electron chi connectivity index (χ0n) is 12.8. The molecule has 22 heavy (non-hydrogen) atoms. The molecule has 0 bridgehead atoms. The molecular weight excluding hydrogens is 274 g/mol. The minimum Gasteiger partial charge on any atom is -0.357 e. The number of aromatic nitrogens is 2. The number of nitrogens with zero attached hydrogens (tertiary/aromatic N) is 2. The Morgan fingerprint density at radius 3 is 2.59 bits per heavy atom. The molecule has 4 nitrogen and oxygen atoms in total. The van der Waals surface area contributed by atoms with Crippen LogP contribution >= 0.6 is 0 Å². The summed E-state index contributed by atoms with van der Waals surface area (Å²) < 4.78 is 7.75. The van der Waals surface area contributed by atoms with E-state index >= 15 is 0 Å². The van der Waals surface area contributed by atoms with Gasteiger partial charge in [-0.2, -0.15) is 5.10 Å². The predicted octanol–water partition coefficient (Wildman–Crippen LogP) is 3.45. The van der Waals surface area contributed by atoms with E-state index in [4.69, 9.17) is 10.5 Å². The van der Waals surface area contributed by atoms with Crippen molar-refractivity contribution in [3.05, 3.63) is 42.2 Å². The number of ether oxygens (including phenoxy) is 1. The van der Waals surface area contributed by atoms with Crippen LogP contribution in [-0.2, 0) is 4.74 Å². The Morgan fingerprint density at radius 1 is 1.09 bits per heavy atom. The predicted molar refractivity (Wildman–Crippen MR) is 86.5 cm³/mol. The molecular formula is C18H23N3O. The lowest BCUT2D eigenvalue weighted by molar-refractivity contribution is -0.0394. The average molecular weight is 297 g/mol. The number of hydrogen-bond donors (Lipinski definition) is 1. The van der Waals surface area contributed by atoms with Gasteiger partial charge >= 0.3 is 0 Å². The molecule has 2 N–H and O–H groups in total. The van der Waals surface area contributed by atoms with Crippen LogP contribution in [0.4, 0.5) is 0 Å². The third kappa shape index (κ3) is 2.69. The van der Waals surface area contributed by atoms with Gasteiger partial charge in [0, 0.05) is 24.4 Å². The summed E-state index contributed by atoms with van der Waals surface area (Å²) in [5.41, 5.74) is 9.66. The van der Waals surface area contributed by atoms with Crippen molar-refractivity contribution < 1.29 is 4.74 Å². The van der Waals surface area contributed by atoms with Crippen LogP contribution in [0.5, 0.6) is 0 Å². The van der Waals surface area contributed by atoms with Crippen LogP contribution in [0.2, 0.25) is 0 Å². The summed E-state index contributed by atoms with van der Waals surface area (Å²) in [7, 11) is 0. The van der Waals surface area contributed by atoms with Crippen LogP contribution in [0.1, 0.15) is 49.8 Å². The van der Waals surface area contributed by atoms with E-state index in [-0.39, 0.29) is 6.23 Å². The third-order valence-corrected chi connectivity index (χ3v) is 4.94. The van der Waals surface area contributed by atoms with Crippen molar-refractivity contribution in [2.75, 3.05) is 6.61 Å². The van der Waals surface area contributed by atoms with Gasteiger partial charge in [-0.25, -0.2) is 4.68 Å². The van der Waals surface area contributed by atoms with E-state index in [1.54, 1.807) is 0 Å².